The van der Waals surface area contributed by atoms with Gasteiger partial charge in [0.2, 0.25) is 5.28 Å². The molecular formula is C20H18ClN3O3. The Hall–Kier alpha value is -2.70. The number of fused-ring (bicyclic) bond motifs is 1. The van der Waals surface area contributed by atoms with Crippen LogP contribution in [0.4, 0.5) is 0 Å². The molecule has 0 unspecified atom stereocenters. The highest BCUT2D eigenvalue weighted by molar-refractivity contribution is 6.28. The van der Waals surface area contributed by atoms with E-state index in [2.05, 4.69) is 9.97 Å². The van der Waals surface area contributed by atoms with E-state index in [9.17, 15) is 4.79 Å². The maximum absolute atomic E-state index is 12.7. The van der Waals surface area contributed by atoms with Crippen LogP contribution < -0.4 is 4.74 Å². The average Bonchev–Trinajstić information content (AvgIpc) is 2.73. The highest BCUT2D eigenvalue weighted by Crippen LogP contribution is 2.35. The highest BCUT2D eigenvalue weighted by Gasteiger charge is 2.20. The first-order chi connectivity index (χ1) is 13.2. The second-order valence-electron chi connectivity index (χ2n) is 6.20. The van der Waals surface area contributed by atoms with Gasteiger partial charge in [-0.2, -0.15) is 0 Å². The van der Waals surface area contributed by atoms with Crippen LogP contribution in [-0.2, 0) is 4.74 Å². The molecule has 1 amide bonds. The molecule has 0 spiro atoms. The summed E-state index contributed by atoms with van der Waals surface area (Å²) in [5.41, 5.74) is 3.05. The predicted molar refractivity (Wildman–Crippen MR) is 103 cm³/mol. The fourth-order valence-corrected chi connectivity index (χ4v) is 3.38. The van der Waals surface area contributed by atoms with Crippen molar-refractivity contribution in [2.75, 3.05) is 33.4 Å². The molecule has 3 aromatic rings. The van der Waals surface area contributed by atoms with Gasteiger partial charge in [-0.3, -0.25) is 4.79 Å². The van der Waals surface area contributed by atoms with Crippen molar-refractivity contribution >= 4 is 28.4 Å². The smallest absolute Gasteiger partial charge is 0.254 e. The van der Waals surface area contributed by atoms with Crippen molar-refractivity contribution in [3.63, 3.8) is 0 Å². The maximum atomic E-state index is 12.7. The molecule has 138 valence electrons. The summed E-state index contributed by atoms with van der Waals surface area (Å²) >= 11 is 5.99. The van der Waals surface area contributed by atoms with Gasteiger partial charge in [0, 0.05) is 41.4 Å². The van der Waals surface area contributed by atoms with Crippen molar-refractivity contribution in [3.8, 4) is 16.9 Å². The standard InChI is InChI=1S/C20H18ClN3O3/c1-26-17-11-13(19(25)24-7-9-27-10-8-24)5-6-15(17)16-4-2-3-14-12-22-20(21)23-18(14)16/h2-6,11-12H,7-10H2,1H3. The molecule has 1 aromatic heterocycles. The monoisotopic (exact) mass is 383 g/mol. The minimum atomic E-state index is -0.0218. The van der Waals surface area contributed by atoms with Crippen LogP contribution in [0.3, 0.4) is 0 Å². The summed E-state index contributed by atoms with van der Waals surface area (Å²) in [6.45, 7) is 2.33. The van der Waals surface area contributed by atoms with Crippen molar-refractivity contribution in [1.82, 2.24) is 14.9 Å². The molecule has 0 N–H and O–H groups in total. The van der Waals surface area contributed by atoms with E-state index in [0.717, 1.165) is 22.0 Å². The molecule has 0 radical (unpaired) electrons. The molecule has 2 heterocycles. The number of aromatic nitrogens is 2. The third-order valence-electron chi connectivity index (χ3n) is 4.62. The second-order valence-corrected chi connectivity index (χ2v) is 6.54. The number of carbonyl (C=O) groups excluding carboxylic acids is 1. The largest absolute Gasteiger partial charge is 0.496 e. The fourth-order valence-electron chi connectivity index (χ4n) is 3.25. The summed E-state index contributed by atoms with van der Waals surface area (Å²) in [5, 5.41) is 1.07. The molecular weight excluding hydrogens is 366 g/mol. The van der Waals surface area contributed by atoms with Crippen molar-refractivity contribution < 1.29 is 14.3 Å². The summed E-state index contributed by atoms with van der Waals surface area (Å²) in [5.74, 6) is 0.586. The highest BCUT2D eigenvalue weighted by atomic mass is 35.5. The molecule has 0 aliphatic carbocycles. The number of halogens is 1. The molecule has 0 atom stereocenters. The van der Waals surface area contributed by atoms with Gasteiger partial charge in [0.15, 0.2) is 0 Å². The first kappa shape index (κ1) is 17.7. The number of benzene rings is 2. The lowest BCUT2D eigenvalue weighted by molar-refractivity contribution is 0.0302. The van der Waals surface area contributed by atoms with E-state index in [-0.39, 0.29) is 11.2 Å². The van der Waals surface area contributed by atoms with Crippen molar-refractivity contribution in [2.24, 2.45) is 0 Å². The number of amides is 1. The van der Waals surface area contributed by atoms with E-state index in [1.807, 2.05) is 30.3 Å². The Bertz CT molecular complexity index is 1000. The summed E-state index contributed by atoms with van der Waals surface area (Å²) in [6, 6.07) is 11.3. The van der Waals surface area contributed by atoms with Gasteiger partial charge in [-0.05, 0) is 29.8 Å². The summed E-state index contributed by atoms with van der Waals surface area (Å²) < 4.78 is 10.9. The molecule has 0 saturated carbocycles. The van der Waals surface area contributed by atoms with Crippen LogP contribution in [0.1, 0.15) is 10.4 Å². The van der Waals surface area contributed by atoms with Crippen molar-refractivity contribution in [1.29, 1.82) is 0 Å². The molecule has 1 fully saturated rings. The van der Waals surface area contributed by atoms with Gasteiger partial charge >= 0.3 is 0 Å². The van der Waals surface area contributed by atoms with Crippen LogP contribution in [0, 0.1) is 0 Å². The van der Waals surface area contributed by atoms with E-state index in [0.29, 0.717) is 37.6 Å². The number of para-hydroxylation sites is 1. The summed E-state index contributed by atoms with van der Waals surface area (Å²) in [4.78, 5) is 22.9. The summed E-state index contributed by atoms with van der Waals surface area (Å²) in [7, 11) is 1.59. The third-order valence-corrected chi connectivity index (χ3v) is 4.80. The SMILES string of the molecule is COc1cc(C(=O)N2CCOCC2)ccc1-c1cccc2cnc(Cl)nc12. The zero-order chi connectivity index (χ0) is 18.8. The van der Waals surface area contributed by atoms with E-state index in [4.69, 9.17) is 21.1 Å². The Labute approximate surface area is 161 Å². The topological polar surface area (TPSA) is 64.5 Å². The molecule has 27 heavy (non-hydrogen) atoms. The molecule has 1 aliphatic rings. The van der Waals surface area contributed by atoms with E-state index in [1.54, 1.807) is 24.3 Å². The molecule has 1 aliphatic heterocycles. The molecule has 6 nitrogen and oxygen atoms in total. The molecule has 4 rings (SSSR count). The Morgan fingerprint density at radius 1 is 1.19 bits per heavy atom. The van der Waals surface area contributed by atoms with Crippen LogP contribution in [0.5, 0.6) is 5.75 Å². The first-order valence-corrected chi connectivity index (χ1v) is 9.02. The van der Waals surface area contributed by atoms with Gasteiger partial charge in [0.05, 0.1) is 25.8 Å². The Kier molecular flexibility index (Phi) is 4.92. The van der Waals surface area contributed by atoms with E-state index in [1.165, 1.54) is 0 Å². The Balaban J connectivity index is 1.76. The van der Waals surface area contributed by atoms with Gasteiger partial charge in [0.25, 0.3) is 5.91 Å². The zero-order valence-corrected chi connectivity index (χ0v) is 15.6. The molecule has 2 aromatic carbocycles. The number of rotatable bonds is 3. The average molecular weight is 384 g/mol. The Morgan fingerprint density at radius 3 is 2.78 bits per heavy atom. The van der Waals surface area contributed by atoms with Gasteiger partial charge < -0.3 is 14.4 Å². The maximum Gasteiger partial charge on any atom is 0.254 e. The molecule has 0 bridgehead atoms. The number of ether oxygens (including phenoxy) is 2. The second kappa shape index (κ2) is 7.50. The van der Waals surface area contributed by atoms with Crippen molar-refractivity contribution in [2.45, 2.75) is 0 Å². The van der Waals surface area contributed by atoms with Gasteiger partial charge in [-0.1, -0.05) is 18.2 Å². The minimum absolute atomic E-state index is 0.0218. The number of methoxy groups -OCH3 is 1. The lowest BCUT2D eigenvalue weighted by Crippen LogP contribution is -2.40. The number of hydrogen-bond donors (Lipinski definition) is 0. The Morgan fingerprint density at radius 2 is 2.00 bits per heavy atom. The van der Waals surface area contributed by atoms with Crippen LogP contribution >= 0.6 is 11.6 Å². The quantitative estimate of drug-likeness (QED) is 0.648. The van der Waals surface area contributed by atoms with Gasteiger partial charge in [-0.25, -0.2) is 9.97 Å². The fraction of sp³-hybridized carbons (Fsp3) is 0.250. The number of nitrogens with zero attached hydrogens (tertiary/aromatic N) is 3. The number of hydrogen-bond acceptors (Lipinski definition) is 5. The normalized spacial score (nSPS) is 14.4. The van der Waals surface area contributed by atoms with Crippen LogP contribution in [0.2, 0.25) is 5.28 Å². The minimum Gasteiger partial charge on any atom is -0.496 e. The number of carbonyl (C=O) groups is 1. The third kappa shape index (κ3) is 3.46. The van der Waals surface area contributed by atoms with Gasteiger partial charge in [0.1, 0.15) is 5.75 Å². The van der Waals surface area contributed by atoms with Crippen LogP contribution in [-0.4, -0.2) is 54.2 Å². The van der Waals surface area contributed by atoms with Gasteiger partial charge in [-0.15, -0.1) is 0 Å². The zero-order valence-electron chi connectivity index (χ0n) is 14.8. The van der Waals surface area contributed by atoms with E-state index >= 15 is 0 Å². The van der Waals surface area contributed by atoms with E-state index < -0.39 is 0 Å². The number of morpholine rings is 1. The molecule has 1 saturated heterocycles. The lowest BCUT2D eigenvalue weighted by atomic mass is 9.99. The van der Waals surface area contributed by atoms with Crippen molar-refractivity contribution in [3.05, 3.63) is 53.4 Å². The molecule has 7 heteroatoms. The summed E-state index contributed by atoms with van der Waals surface area (Å²) in [6.07, 6.45) is 1.69. The lowest BCUT2D eigenvalue weighted by Gasteiger charge is -2.27. The van der Waals surface area contributed by atoms with Crippen LogP contribution in [0.25, 0.3) is 22.0 Å². The first-order valence-electron chi connectivity index (χ1n) is 8.64. The van der Waals surface area contributed by atoms with Crippen LogP contribution in [0.15, 0.2) is 42.6 Å². The predicted octanol–water partition coefficient (Wildman–Crippen LogP) is 3.43.